The van der Waals surface area contributed by atoms with Crippen LogP contribution in [0, 0.1) is 5.41 Å². The van der Waals surface area contributed by atoms with Gasteiger partial charge >= 0.3 is 8.56 Å². The molecular formula is C15H32O5Si. The number of rotatable bonds is 12. The molecule has 0 amide bonds. The van der Waals surface area contributed by atoms with E-state index in [0.29, 0.717) is 12.7 Å². The molecule has 0 saturated carbocycles. The first-order valence-electron chi connectivity index (χ1n) is 7.78. The van der Waals surface area contributed by atoms with Crippen molar-refractivity contribution in [3.63, 3.8) is 0 Å². The van der Waals surface area contributed by atoms with Gasteiger partial charge in [0.2, 0.25) is 0 Å². The van der Waals surface area contributed by atoms with Crippen LogP contribution in [0.2, 0.25) is 12.6 Å². The van der Waals surface area contributed by atoms with E-state index in [9.17, 15) is 0 Å². The van der Waals surface area contributed by atoms with Crippen molar-refractivity contribution in [2.24, 2.45) is 5.41 Å². The third-order valence-electron chi connectivity index (χ3n) is 4.49. The summed E-state index contributed by atoms with van der Waals surface area (Å²) < 4.78 is 27.5. The first-order valence-corrected chi connectivity index (χ1v) is 10.3. The molecule has 1 aliphatic heterocycles. The summed E-state index contributed by atoms with van der Waals surface area (Å²) in [6, 6.07) is 0.871. The van der Waals surface area contributed by atoms with Crippen LogP contribution in [-0.4, -0.2) is 62.4 Å². The van der Waals surface area contributed by atoms with E-state index in [1.807, 2.05) is 0 Å². The zero-order chi connectivity index (χ0) is 15.8. The van der Waals surface area contributed by atoms with Crippen molar-refractivity contribution in [2.45, 2.75) is 44.9 Å². The Morgan fingerprint density at radius 3 is 2.24 bits per heavy atom. The Bertz CT molecular complexity index is 279. The number of hydrogen-bond acceptors (Lipinski definition) is 5. The Hall–Kier alpha value is 0.0169. The highest BCUT2D eigenvalue weighted by molar-refractivity contribution is 6.65. The van der Waals surface area contributed by atoms with Crippen molar-refractivity contribution in [2.75, 3.05) is 47.8 Å². The van der Waals surface area contributed by atoms with Gasteiger partial charge in [-0.15, -0.1) is 0 Å². The van der Waals surface area contributed by atoms with Gasteiger partial charge in [0, 0.05) is 46.0 Å². The summed E-state index contributed by atoms with van der Waals surface area (Å²) in [6.07, 6.45) is 3.55. The number of unbranched alkanes of at least 4 members (excludes halogenated alkanes) is 1. The maximum atomic E-state index is 5.68. The first-order chi connectivity index (χ1) is 9.99. The van der Waals surface area contributed by atoms with E-state index >= 15 is 0 Å². The van der Waals surface area contributed by atoms with Crippen molar-refractivity contribution < 1.29 is 23.1 Å². The Kier molecular flexibility index (Phi) is 8.37. The Morgan fingerprint density at radius 1 is 1.10 bits per heavy atom. The van der Waals surface area contributed by atoms with E-state index in [1.54, 1.807) is 21.3 Å². The second-order valence-electron chi connectivity index (χ2n) is 6.27. The number of methoxy groups -OCH3 is 1. The molecule has 0 spiro atoms. The van der Waals surface area contributed by atoms with Crippen molar-refractivity contribution in [3.8, 4) is 0 Å². The van der Waals surface area contributed by atoms with Crippen LogP contribution in [0.3, 0.4) is 0 Å². The molecule has 0 radical (unpaired) electrons. The zero-order valence-electron chi connectivity index (χ0n) is 14.3. The second kappa shape index (κ2) is 9.22. The Morgan fingerprint density at radius 2 is 1.76 bits per heavy atom. The zero-order valence-corrected chi connectivity index (χ0v) is 15.3. The van der Waals surface area contributed by atoms with Gasteiger partial charge in [0.25, 0.3) is 0 Å². The summed E-state index contributed by atoms with van der Waals surface area (Å²) in [5, 5.41) is 0. The molecule has 6 heteroatoms. The van der Waals surface area contributed by atoms with Crippen LogP contribution in [0.15, 0.2) is 0 Å². The Balaban J connectivity index is 2.04. The minimum atomic E-state index is -1.97. The molecule has 1 aliphatic rings. The van der Waals surface area contributed by atoms with E-state index < -0.39 is 8.56 Å². The lowest BCUT2D eigenvalue weighted by atomic mass is 9.80. The van der Waals surface area contributed by atoms with Crippen LogP contribution < -0.4 is 0 Å². The van der Waals surface area contributed by atoms with Crippen LogP contribution in [0.25, 0.3) is 0 Å². The lowest BCUT2D eigenvalue weighted by Gasteiger charge is -2.43. The molecule has 21 heavy (non-hydrogen) atoms. The maximum absolute atomic E-state index is 5.68. The first kappa shape index (κ1) is 19.1. The molecule has 5 nitrogen and oxygen atoms in total. The normalized spacial score (nSPS) is 19.3. The van der Waals surface area contributed by atoms with Gasteiger partial charge < -0.3 is 23.1 Å². The van der Waals surface area contributed by atoms with Gasteiger partial charge in [-0.3, -0.25) is 0 Å². The highest BCUT2D eigenvalue weighted by Gasteiger charge is 2.41. The minimum Gasteiger partial charge on any atom is -0.398 e. The predicted octanol–water partition coefficient (Wildman–Crippen LogP) is 2.59. The highest BCUT2D eigenvalue weighted by atomic mass is 28.4. The van der Waals surface area contributed by atoms with E-state index in [4.69, 9.17) is 23.1 Å². The summed E-state index contributed by atoms with van der Waals surface area (Å²) in [5.41, 5.74) is 0.208. The van der Waals surface area contributed by atoms with E-state index in [1.165, 1.54) is 0 Å². The molecule has 1 unspecified atom stereocenters. The van der Waals surface area contributed by atoms with Crippen LogP contribution in [-0.2, 0) is 23.1 Å². The second-order valence-corrected chi connectivity index (χ2v) is 9.86. The van der Waals surface area contributed by atoms with Gasteiger partial charge in [-0.05, 0) is 25.8 Å². The van der Waals surface area contributed by atoms with E-state index in [0.717, 1.165) is 45.1 Å². The van der Waals surface area contributed by atoms with Crippen molar-refractivity contribution in [1.82, 2.24) is 0 Å². The summed E-state index contributed by atoms with van der Waals surface area (Å²) in [5.74, 6) is 0. The molecule has 1 atom stereocenters. The Labute approximate surface area is 130 Å². The maximum Gasteiger partial charge on any atom is 0.336 e. The van der Waals surface area contributed by atoms with Gasteiger partial charge in [-0.1, -0.05) is 6.92 Å². The largest absolute Gasteiger partial charge is 0.398 e. The fraction of sp³-hybridized carbons (Fsp3) is 1.00. The third-order valence-corrected chi connectivity index (χ3v) is 7.33. The van der Waals surface area contributed by atoms with E-state index in [-0.39, 0.29) is 5.41 Å². The van der Waals surface area contributed by atoms with Gasteiger partial charge in [0.05, 0.1) is 19.3 Å². The fourth-order valence-corrected chi connectivity index (χ4v) is 3.63. The molecule has 0 aromatic rings. The molecule has 1 saturated heterocycles. The van der Waals surface area contributed by atoms with E-state index in [2.05, 4.69) is 13.5 Å². The summed E-state index contributed by atoms with van der Waals surface area (Å²) in [6.45, 7) is 7.44. The summed E-state index contributed by atoms with van der Waals surface area (Å²) in [4.78, 5) is 0. The lowest BCUT2D eigenvalue weighted by molar-refractivity contribution is -0.171. The molecule has 126 valence electrons. The number of ether oxygens (including phenoxy) is 3. The molecule has 0 N–H and O–H groups in total. The highest BCUT2D eigenvalue weighted by Crippen LogP contribution is 2.34. The summed E-state index contributed by atoms with van der Waals surface area (Å²) >= 11 is 0. The summed E-state index contributed by atoms with van der Waals surface area (Å²) in [7, 11) is 3.25. The van der Waals surface area contributed by atoms with Gasteiger partial charge in [0.1, 0.15) is 0 Å². The van der Waals surface area contributed by atoms with Gasteiger partial charge in [0.15, 0.2) is 0 Å². The standard InChI is InChI=1S/C15H32O5Si/c1-15(12-20-13-15)14(16-2)8-6-7-9-19-10-11-21(5,17-3)18-4/h14H,6-13H2,1-5H3. The number of hydrogen-bond donors (Lipinski definition) is 0. The molecule has 1 heterocycles. The third kappa shape index (κ3) is 5.96. The van der Waals surface area contributed by atoms with Crippen LogP contribution in [0.1, 0.15) is 26.2 Å². The smallest absolute Gasteiger partial charge is 0.336 e. The van der Waals surface area contributed by atoms with Crippen LogP contribution >= 0.6 is 0 Å². The molecule has 1 rings (SSSR count). The molecule has 0 aromatic heterocycles. The van der Waals surface area contributed by atoms with Gasteiger partial charge in [-0.25, -0.2) is 0 Å². The molecular weight excluding hydrogens is 288 g/mol. The lowest BCUT2D eigenvalue weighted by Crippen LogP contribution is -2.49. The van der Waals surface area contributed by atoms with Crippen LogP contribution in [0.5, 0.6) is 0 Å². The molecule has 0 aliphatic carbocycles. The van der Waals surface area contributed by atoms with Crippen molar-refractivity contribution >= 4 is 8.56 Å². The average molecular weight is 321 g/mol. The monoisotopic (exact) mass is 320 g/mol. The fourth-order valence-electron chi connectivity index (χ4n) is 2.54. The van der Waals surface area contributed by atoms with Crippen LogP contribution in [0.4, 0.5) is 0 Å². The SMILES string of the molecule is COC(CCCCOCC[Si](C)(OC)OC)C1(C)COC1. The molecule has 0 bridgehead atoms. The topological polar surface area (TPSA) is 46.2 Å². The van der Waals surface area contributed by atoms with Crippen molar-refractivity contribution in [1.29, 1.82) is 0 Å². The minimum absolute atomic E-state index is 0.208. The van der Waals surface area contributed by atoms with Gasteiger partial charge in [-0.2, -0.15) is 0 Å². The molecule has 1 fully saturated rings. The molecule has 0 aromatic carbocycles. The van der Waals surface area contributed by atoms with Crippen molar-refractivity contribution in [3.05, 3.63) is 0 Å². The quantitative estimate of drug-likeness (QED) is 0.408. The average Bonchev–Trinajstić information content (AvgIpc) is 2.47. The predicted molar refractivity (Wildman–Crippen MR) is 84.8 cm³/mol.